The highest BCUT2D eigenvalue weighted by molar-refractivity contribution is 9.10. The van der Waals surface area contributed by atoms with Gasteiger partial charge in [-0.25, -0.2) is 0 Å². The number of halogens is 1. The molecule has 1 heterocycles. The van der Waals surface area contributed by atoms with Crippen molar-refractivity contribution >= 4 is 15.9 Å². The average Bonchev–Trinajstić information content (AvgIpc) is 2.78. The molecular weight excluding hydrogens is 290 g/mol. The fourth-order valence-electron chi connectivity index (χ4n) is 1.83. The minimum Gasteiger partial charge on any atom is -0.324 e. The van der Waals surface area contributed by atoms with Crippen LogP contribution in [0.3, 0.4) is 0 Å². The van der Waals surface area contributed by atoms with Crippen molar-refractivity contribution in [3.05, 3.63) is 52.3 Å². The predicted octanol–water partition coefficient (Wildman–Crippen LogP) is 3.47. The molecule has 0 amide bonds. The first kappa shape index (κ1) is 13.3. The highest BCUT2D eigenvalue weighted by Gasteiger charge is 2.09. The lowest BCUT2D eigenvalue weighted by molar-refractivity contribution is 0.522. The van der Waals surface area contributed by atoms with Crippen LogP contribution in [0.4, 0.5) is 0 Å². The Morgan fingerprint density at radius 2 is 1.89 bits per heavy atom. The summed E-state index contributed by atoms with van der Waals surface area (Å²) in [6.07, 6.45) is 2.77. The molecule has 0 aliphatic carbocycles. The molecule has 1 aromatic carbocycles. The van der Waals surface area contributed by atoms with E-state index in [2.05, 4.69) is 34.9 Å². The van der Waals surface area contributed by atoms with Gasteiger partial charge in [-0.15, -0.1) is 0 Å². The van der Waals surface area contributed by atoms with Crippen molar-refractivity contribution in [2.24, 2.45) is 5.73 Å². The monoisotopic (exact) mass is 307 g/mol. The third kappa shape index (κ3) is 3.21. The standard InChI is InChI=1S/C14H18BrN3/c1-10(2)18-8-7-13(17-18)9-14(16)11-3-5-12(15)6-4-11/h3-8,10,14H,9,16H2,1-2H3. The summed E-state index contributed by atoms with van der Waals surface area (Å²) in [5.41, 5.74) is 8.38. The van der Waals surface area contributed by atoms with E-state index in [-0.39, 0.29) is 6.04 Å². The van der Waals surface area contributed by atoms with Crippen LogP contribution in [0.5, 0.6) is 0 Å². The fourth-order valence-corrected chi connectivity index (χ4v) is 2.09. The summed E-state index contributed by atoms with van der Waals surface area (Å²) in [5, 5.41) is 4.52. The molecule has 1 aromatic heterocycles. The molecule has 2 rings (SSSR count). The van der Waals surface area contributed by atoms with Crippen molar-refractivity contribution in [1.82, 2.24) is 9.78 Å². The van der Waals surface area contributed by atoms with Crippen molar-refractivity contribution < 1.29 is 0 Å². The second kappa shape index (κ2) is 5.67. The molecule has 96 valence electrons. The summed E-state index contributed by atoms with van der Waals surface area (Å²) < 4.78 is 3.03. The first-order chi connectivity index (χ1) is 8.56. The van der Waals surface area contributed by atoms with Crippen molar-refractivity contribution in [2.75, 3.05) is 0 Å². The third-order valence-corrected chi connectivity index (χ3v) is 3.45. The zero-order chi connectivity index (χ0) is 13.1. The molecule has 0 fully saturated rings. The molecule has 1 atom stereocenters. The van der Waals surface area contributed by atoms with Crippen molar-refractivity contribution in [2.45, 2.75) is 32.4 Å². The van der Waals surface area contributed by atoms with Crippen molar-refractivity contribution in [3.8, 4) is 0 Å². The van der Waals surface area contributed by atoms with E-state index in [0.29, 0.717) is 6.04 Å². The second-order valence-electron chi connectivity index (χ2n) is 4.74. The Bertz CT molecular complexity index is 502. The maximum absolute atomic E-state index is 6.20. The van der Waals surface area contributed by atoms with Gasteiger partial charge >= 0.3 is 0 Å². The summed E-state index contributed by atoms with van der Waals surface area (Å²) in [5.74, 6) is 0. The summed E-state index contributed by atoms with van der Waals surface area (Å²) in [6, 6.07) is 10.6. The molecule has 0 saturated carbocycles. The first-order valence-corrected chi connectivity index (χ1v) is 6.90. The number of aromatic nitrogens is 2. The maximum Gasteiger partial charge on any atom is 0.0643 e. The summed E-state index contributed by atoms with van der Waals surface area (Å²) in [4.78, 5) is 0. The molecule has 3 nitrogen and oxygen atoms in total. The van der Waals surface area contributed by atoms with Gasteiger partial charge in [-0.2, -0.15) is 5.10 Å². The SMILES string of the molecule is CC(C)n1ccc(CC(N)c2ccc(Br)cc2)n1. The lowest BCUT2D eigenvalue weighted by Crippen LogP contribution is -2.14. The molecule has 1 unspecified atom stereocenters. The topological polar surface area (TPSA) is 43.8 Å². The van der Waals surface area contributed by atoms with Gasteiger partial charge in [0.25, 0.3) is 0 Å². The van der Waals surface area contributed by atoms with E-state index >= 15 is 0 Å². The van der Waals surface area contributed by atoms with Gasteiger partial charge in [-0.05, 0) is 37.6 Å². The zero-order valence-electron chi connectivity index (χ0n) is 10.7. The molecule has 2 N–H and O–H groups in total. The van der Waals surface area contributed by atoms with Gasteiger partial charge in [0.05, 0.1) is 5.69 Å². The summed E-state index contributed by atoms with van der Waals surface area (Å²) in [6.45, 7) is 4.23. The molecule has 18 heavy (non-hydrogen) atoms. The second-order valence-corrected chi connectivity index (χ2v) is 5.66. The van der Waals surface area contributed by atoms with Crippen LogP contribution in [0.15, 0.2) is 41.0 Å². The minimum atomic E-state index is -0.00591. The smallest absolute Gasteiger partial charge is 0.0643 e. The summed E-state index contributed by atoms with van der Waals surface area (Å²) >= 11 is 3.42. The molecule has 0 bridgehead atoms. The minimum absolute atomic E-state index is 0.00591. The largest absolute Gasteiger partial charge is 0.324 e. The fraction of sp³-hybridized carbons (Fsp3) is 0.357. The van der Waals surface area contributed by atoms with Crippen molar-refractivity contribution in [3.63, 3.8) is 0 Å². The summed E-state index contributed by atoms with van der Waals surface area (Å²) in [7, 11) is 0. The lowest BCUT2D eigenvalue weighted by Gasteiger charge is -2.10. The normalized spacial score (nSPS) is 12.9. The van der Waals surface area contributed by atoms with Gasteiger partial charge < -0.3 is 5.73 Å². The molecule has 0 spiro atoms. The van der Waals surface area contributed by atoms with E-state index in [4.69, 9.17) is 5.73 Å². The number of nitrogens with zero attached hydrogens (tertiary/aromatic N) is 2. The van der Waals surface area contributed by atoms with Crippen LogP contribution in [-0.2, 0) is 6.42 Å². The lowest BCUT2D eigenvalue weighted by atomic mass is 10.0. The van der Waals surface area contributed by atoms with Crippen LogP contribution >= 0.6 is 15.9 Å². The van der Waals surface area contributed by atoms with Crippen LogP contribution in [0.25, 0.3) is 0 Å². The molecule has 0 aliphatic rings. The van der Waals surface area contributed by atoms with Gasteiger partial charge in [0.2, 0.25) is 0 Å². The quantitative estimate of drug-likeness (QED) is 0.940. The van der Waals surface area contributed by atoms with E-state index in [1.54, 1.807) is 0 Å². The molecule has 2 aromatic rings. The van der Waals surface area contributed by atoms with Gasteiger partial charge in [0.1, 0.15) is 0 Å². The Kier molecular flexibility index (Phi) is 4.19. The van der Waals surface area contributed by atoms with Crippen LogP contribution in [0.1, 0.15) is 37.2 Å². The van der Waals surface area contributed by atoms with Gasteiger partial charge in [0.15, 0.2) is 0 Å². The van der Waals surface area contributed by atoms with Gasteiger partial charge in [-0.3, -0.25) is 4.68 Å². The molecule has 0 radical (unpaired) electrons. The highest BCUT2D eigenvalue weighted by Crippen LogP contribution is 2.18. The molecule has 4 heteroatoms. The first-order valence-electron chi connectivity index (χ1n) is 6.11. The van der Waals surface area contributed by atoms with Crippen LogP contribution in [0, 0.1) is 0 Å². The van der Waals surface area contributed by atoms with Crippen LogP contribution < -0.4 is 5.73 Å². The van der Waals surface area contributed by atoms with Crippen molar-refractivity contribution in [1.29, 1.82) is 0 Å². The van der Waals surface area contributed by atoms with E-state index in [9.17, 15) is 0 Å². The number of hydrogen-bond acceptors (Lipinski definition) is 2. The Balaban J connectivity index is 2.06. The average molecular weight is 308 g/mol. The Hall–Kier alpha value is -1.13. The zero-order valence-corrected chi connectivity index (χ0v) is 12.3. The molecule has 0 aliphatic heterocycles. The highest BCUT2D eigenvalue weighted by atomic mass is 79.9. The van der Waals surface area contributed by atoms with E-state index in [1.165, 1.54) is 0 Å². The molecule has 0 saturated heterocycles. The van der Waals surface area contributed by atoms with Crippen LogP contribution in [0.2, 0.25) is 0 Å². The Labute approximate surface area is 116 Å². The third-order valence-electron chi connectivity index (χ3n) is 2.92. The van der Waals surface area contributed by atoms with E-state index in [0.717, 1.165) is 22.2 Å². The number of rotatable bonds is 4. The van der Waals surface area contributed by atoms with Gasteiger partial charge in [0, 0.05) is 29.2 Å². The van der Waals surface area contributed by atoms with Gasteiger partial charge in [-0.1, -0.05) is 28.1 Å². The Morgan fingerprint density at radius 3 is 2.44 bits per heavy atom. The predicted molar refractivity (Wildman–Crippen MR) is 77.4 cm³/mol. The maximum atomic E-state index is 6.20. The van der Waals surface area contributed by atoms with E-state index < -0.39 is 0 Å². The van der Waals surface area contributed by atoms with E-state index in [1.807, 2.05) is 41.2 Å². The molecular formula is C14H18BrN3. The Morgan fingerprint density at radius 1 is 1.22 bits per heavy atom. The number of benzene rings is 1. The number of nitrogens with two attached hydrogens (primary N) is 1. The number of hydrogen-bond donors (Lipinski definition) is 1. The van der Waals surface area contributed by atoms with Crippen LogP contribution in [-0.4, -0.2) is 9.78 Å².